The molecule has 2 aromatic carbocycles. The maximum atomic E-state index is 13.2. The van der Waals surface area contributed by atoms with Gasteiger partial charge in [-0.05, 0) is 31.2 Å². The zero-order chi connectivity index (χ0) is 18.3. The van der Waals surface area contributed by atoms with Crippen LogP contribution in [-0.2, 0) is 7.05 Å². The van der Waals surface area contributed by atoms with E-state index in [1.165, 1.54) is 10.7 Å². The van der Waals surface area contributed by atoms with Crippen LogP contribution in [0.15, 0.2) is 82.5 Å². The van der Waals surface area contributed by atoms with Crippen molar-refractivity contribution in [2.24, 2.45) is 7.05 Å². The Hall–Kier alpha value is -3.54. The number of para-hydroxylation sites is 2. The van der Waals surface area contributed by atoms with Gasteiger partial charge in [-0.25, -0.2) is 9.36 Å². The van der Waals surface area contributed by atoms with Crippen LogP contribution in [0, 0.1) is 6.92 Å². The van der Waals surface area contributed by atoms with Crippen molar-refractivity contribution in [3.05, 3.63) is 99.3 Å². The van der Waals surface area contributed by atoms with Gasteiger partial charge in [-0.1, -0.05) is 36.4 Å². The molecule has 0 saturated carbocycles. The lowest BCUT2D eigenvalue weighted by Crippen LogP contribution is -2.27. The Balaban J connectivity index is 2.02. The third kappa shape index (κ3) is 2.35. The first kappa shape index (κ1) is 16.0. The fourth-order valence-corrected chi connectivity index (χ4v) is 3.18. The second-order valence-electron chi connectivity index (χ2n) is 6.06. The molecule has 0 fully saturated rings. The summed E-state index contributed by atoms with van der Waals surface area (Å²) >= 11 is 0. The van der Waals surface area contributed by atoms with Crippen LogP contribution in [0.4, 0.5) is 0 Å². The molecule has 0 saturated heterocycles. The Labute approximate surface area is 149 Å². The van der Waals surface area contributed by atoms with Gasteiger partial charge in [-0.3, -0.25) is 19.0 Å². The van der Waals surface area contributed by atoms with Gasteiger partial charge in [0.05, 0.1) is 17.1 Å². The quantitative estimate of drug-likeness (QED) is 0.572. The molecule has 0 aliphatic heterocycles. The molecule has 130 valence electrons. The second-order valence-corrected chi connectivity index (χ2v) is 6.06. The topological polar surface area (TPSA) is 53.9 Å². The van der Waals surface area contributed by atoms with Crippen LogP contribution < -0.4 is 11.1 Å². The van der Waals surface area contributed by atoms with Gasteiger partial charge in [0.2, 0.25) is 0 Å². The molecule has 26 heavy (non-hydrogen) atoms. The molecule has 0 bridgehead atoms. The molecule has 4 rings (SSSR count). The number of aromatic nitrogens is 4. The summed E-state index contributed by atoms with van der Waals surface area (Å²) in [5.74, 6) is 0. The van der Waals surface area contributed by atoms with E-state index in [-0.39, 0.29) is 11.1 Å². The monoisotopic (exact) mass is 346 g/mol. The summed E-state index contributed by atoms with van der Waals surface area (Å²) in [4.78, 5) is 25.8. The highest BCUT2D eigenvalue weighted by atomic mass is 16.2. The van der Waals surface area contributed by atoms with Crippen LogP contribution in [0.25, 0.3) is 17.1 Å². The lowest BCUT2D eigenvalue weighted by molar-refractivity contribution is 0.630. The summed E-state index contributed by atoms with van der Waals surface area (Å²) in [5, 5.41) is 0. The predicted octanol–water partition coefficient (Wildman–Crippen LogP) is 2.43. The molecule has 2 heterocycles. The van der Waals surface area contributed by atoms with Gasteiger partial charge >= 0.3 is 0 Å². The summed E-state index contributed by atoms with van der Waals surface area (Å²) in [6, 6.07) is 20.3. The molecule has 0 amide bonds. The van der Waals surface area contributed by atoms with Crippen molar-refractivity contribution in [2.45, 2.75) is 6.92 Å². The smallest absolute Gasteiger partial charge is 0.283 e. The summed E-state index contributed by atoms with van der Waals surface area (Å²) < 4.78 is 6.45. The van der Waals surface area contributed by atoms with Crippen LogP contribution >= 0.6 is 0 Å². The zero-order valence-electron chi connectivity index (χ0n) is 14.5. The minimum Gasteiger partial charge on any atom is -0.283 e. The van der Waals surface area contributed by atoms with E-state index in [0.717, 1.165) is 11.4 Å². The maximum Gasteiger partial charge on any atom is 0.297 e. The van der Waals surface area contributed by atoms with Gasteiger partial charge in [0.1, 0.15) is 0 Å². The summed E-state index contributed by atoms with van der Waals surface area (Å²) in [7, 11) is 1.81. The fourth-order valence-electron chi connectivity index (χ4n) is 3.18. The zero-order valence-corrected chi connectivity index (χ0v) is 14.5. The summed E-state index contributed by atoms with van der Waals surface area (Å²) in [5.41, 5.74) is 2.12. The molecule has 0 spiro atoms. The third-order valence-corrected chi connectivity index (χ3v) is 4.54. The van der Waals surface area contributed by atoms with Gasteiger partial charge in [-0.15, -0.1) is 0 Å². The number of hydrogen-bond acceptors (Lipinski definition) is 2. The van der Waals surface area contributed by atoms with E-state index in [2.05, 4.69) is 0 Å². The fraction of sp³-hybridized carbons (Fsp3) is 0.100. The Morgan fingerprint density at radius 2 is 1.31 bits per heavy atom. The van der Waals surface area contributed by atoms with Crippen LogP contribution in [0.5, 0.6) is 0 Å². The van der Waals surface area contributed by atoms with E-state index in [1.807, 2.05) is 74.6 Å². The highest BCUT2D eigenvalue weighted by Crippen LogP contribution is 2.15. The molecule has 2 aromatic heterocycles. The molecule has 0 atom stereocenters. The molecule has 0 N–H and O–H groups in total. The molecule has 0 aliphatic rings. The molecule has 0 unspecified atom stereocenters. The second kappa shape index (κ2) is 6.07. The number of benzene rings is 2. The number of nitrogens with zero attached hydrogens (tertiary/aromatic N) is 4. The largest absolute Gasteiger partial charge is 0.297 e. The van der Waals surface area contributed by atoms with Gasteiger partial charge in [0.25, 0.3) is 11.1 Å². The standard InChI is InChI=1S/C20H18N4O2/c1-15-19(20(26)23(21(15)2)17-11-7-4-8-12-17)24-18(25)13-14-22(24)16-9-5-3-6-10-16/h3-14H,1-2H3. The minimum absolute atomic E-state index is 0.241. The van der Waals surface area contributed by atoms with Gasteiger partial charge in [-0.2, -0.15) is 0 Å². The summed E-state index contributed by atoms with van der Waals surface area (Å²) in [6.07, 6.45) is 1.68. The molecular formula is C20H18N4O2. The van der Waals surface area contributed by atoms with Gasteiger partial charge in [0.15, 0.2) is 5.69 Å². The molecule has 6 nitrogen and oxygen atoms in total. The summed E-state index contributed by atoms with van der Waals surface area (Å²) in [6.45, 7) is 1.84. The molecule has 4 aromatic rings. The Morgan fingerprint density at radius 3 is 1.92 bits per heavy atom. The normalized spacial score (nSPS) is 11.0. The molecule has 0 aliphatic carbocycles. The van der Waals surface area contributed by atoms with E-state index in [9.17, 15) is 9.59 Å². The van der Waals surface area contributed by atoms with E-state index in [0.29, 0.717) is 11.4 Å². The SMILES string of the molecule is Cc1c(-n2c(=O)ccn2-c2ccccc2)c(=O)n(-c2ccccc2)n1C. The predicted molar refractivity (Wildman–Crippen MR) is 101 cm³/mol. The maximum absolute atomic E-state index is 13.2. The highest BCUT2D eigenvalue weighted by molar-refractivity contribution is 5.42. The average Bonchev–Trinajstić information content (AvgIpc) is 3.14. The molecule has 0 radical (unpaired) electrons. The lowest BCUT2D eigenvalue weighted by atomic mass is 10.3. The Kier molecular flexibility index (Phi) is 3.73. The Morgan fingerprint density at radius 1 is 0.731 bits per heavy atom. The van der Waals surface area contributed by atoms with Gasteiger partial charge in [0, 0.05) is 19.3 Å². The number of rotatable bonds is 3. The number of hydrogen-bond donors (Lipinski definition) is 0. The first-order valence-electron chi connectivity index (χ1n) is 8.30. The van der Waals surface area contributed by atoms with Crippen molar-refractivity contribution in [1.29, 1.82) is 0 Å². The van der Waals surface area contributed by atoms with Crippen LogP contribution in [0.1, 0.15) is 5.69 Å². The lowest BCUT2D eigenvalue weighted by Gasteiger charge is -2.10. The van der Waals surface area contributed by atoms with Crippen molar-refractivity contribution in [3.63, 3.8) is 0 Å². The minimum atomic E-state index is -0.250. The van der Waals surface area contributed by atoms with E-state index in [4.69, 9.17) is 0 Å². The van der Waals surface area contributed by atoms with Crippen molar-refractivity contribution in [1.82, 2.24) is 18.7 Å². The van der Waals surface area contributed by atoms with E-state index >= 15 is 0 Å². The Bertz CT molecular complexity index is 1180. The van der Waals surface area contributed by atoms with Crippen LogP contribution in [0.3, 0.4) is 0 Å². The van der Waals surface area contributed by atoms with Crippen molar-refractivity contribution in [3.8, 4) is 17.1 Å². The average molecular weight is 346 g/mol. The van der Waals surface area contributed by atoms with Crippen LogP contribution in [0.2, 0.25) is 0 Å². The van der Waals surface area contributed by atoms with Crippen molar-refractivity contribution in [2.75, 3.05) is 0 Å². The highest BCUT2D eigenvalue weighted by Gasteiger charge is 2.21. The molecular weight excluding hydrogens is 328 g/mol. The van der Waals surface area contributed by atoms with E-state index < -0.39 is 0 Å². The van der Waals surface area contributed by atoms with E-state index in [1.54, 1.807) is 20.2 Å². The van der Waals surface area contributed by atoms with Gasteiger partial charge < -0.3 is 0 Å². The first-order chi connectivity index (χ1) is 12.6. The van der Waals surface area contributed by atoms with Crippen LogP contribution in [-0.4, -0.2) is 18.7 Å². The molecule has 6 heteroatoms. The van der Waals surface area contributed by atoms with Crippen molar-refractivity contribution < 1.29 is 0 Å². The van der Waals surface area contributed by atoms with Crippen molar-refractivity contribution >= 4 is 0 Å². The third-order valence-electron chi connectivity index (χ3n) is 4.54. The first-order valence-corrected chi connectivity index (χ1v) is 8.30.